The van der Waals surface area contributed by atoms with Gasteiger partial charge in [-0.25, -0.2) is 9.78 Å². The molecule has 0 bridgehead atoms. The molecular formula is C23H22ClN3O3. The number of nitrogens with zero attached hydrogens (tertiary/aromatic N) is 3. The summed E-state index contributed by atoms with van der Waals surface area (Å²) in [7, 11) is 0. The Hall–Kier alpha value is -3.12. The van der Waals surface area contributed by atoms with Crippen LogP contribution in [0, 0.1) is 0 Å². The molecule has 7 heteroatoms. The smallest absolute Gasteiger partial charge is 0.410 e. The van der Waals surface area contributed by atoms with Crippen LogP contribution in [0.15, 0.2) is 54.7 Å². The summed E-state index contributed by atoms with van der Waals surface area (Å²) in [5.41, 5.74) is 4.51. The molecule has 1 amide bonds. The lowest BCUT2D eigenvalue weighted by Gasteiger charge is -2.26. The maximum Gasteiger partial charge on any atom is 0.410 e. The van der Waals surface area contributed by atoms with Crippen molar-refractivity contribution < 1.29 is 14.3 Å². The standard InChI is InChI=1S/C23H22ClN3O3/c1-2-29-23(28)27-12-11-20-22(14-27)26-21(13-25-20)17-5-9-19(10-6-17)30-15-16-3-7-18(24)8-4-16/h3-10,13H,2,11-12,14-15H2,1H3. The topological polar surface area (TPSA) is 64.5 Å². The molecule has 4 rings (SSSR count). The minimum Gasteiger partial charge on any atom is -0.489 e. The predicted octanol–water partition coefficient (Wildman–Crippen LogP) is 4.89. The average Bonchev–Trinajstić information content (AvgIpc) is 2.78. The van der Waals surface area contributed by atoms with E-state index in [2.05, 4.69) is 4.98 Å². The molecule has 0 radical (unpaired) electrons. The van der Waals surface area contributed by atoms with Crippen LogP contribution in [0.25, 0.3) is 11.3 Å². The SMILES string of the molecule is CCOC(=O)N1CCc2ncc(-c3ccc(OCc4ccc(Cl)cc4)cc3)nc2C1. The maximum absolute atomic E-state index is 12.0. The molecule has 0 unspecified atom stereocenters. The maximum atomic E-state index is 12.0. The van der Waals surface area contributed by atoms with Crippen molar-refractivity contribution in [2.24, 2.45) is 0 Å². The molecule has 154 valence electrons. The number of hydrogen-bond acceptors (Lipinski definition) is 5. The van der Waals surface area contributed by atoms with E-state index in [4.69, 9.17) is 26.1 Å². The van der Waals surface area contributed by atoms with E-state index in [9.17, 15) is 4.79 Å². The Morgan fingerprint density at radius 3 is 2.60 bits per heavy atom. The summed E-state index contributed by atoms with van der Waals surface area (Å²) in [6.07, 6.45) is 2.15. The quantitative estimate of drug-likeness (QED) is 0.584. The summed E-state index contributed by atoms with van der Waals surface area (Å²) in [6.45, 7) is 3.65. The fourth-order valence-electron chi connectivity index (χ4n) is 3.27. The first-order valence-electron chi connectivity index (χ1n) is 9.86. The Bertz CT molecular complexity index is 1020. The lowest BCUT2D eigenvalue weighted by molar-refractivity contribution is 0.102. The van der Waals surface area contributed by atoms with Crippen LogP contribution in [0.1, 0.15) is 23.9 Å². The molecule has 1 aromatic heterocycles. The lowest BCUT2D eigenvalue weighted by Crippen LogP contribution is -2.37. The van der Waals surface area contributed by atoms with Crippen molar-refractivity contribution in [1.82, 2.24) is 14.9 Å². The molecule has 0 N–H and O–H groups in total. The molecule has 0 saturated heterocycles. The van der Waals surface area contributed by atoms with Gasteiger partial charge < -0.3 is 14.4 Å². The zero-order valence-corrected chi connectivity index (χ0v) is 17.4. The normalized spacial score (nSPS) is 12.9. The predicted molar refractivity (Wildman–Crippen MR) is 114 cm³/mol. The number of carbonyl (C=O) groups excluding carboxylic acids is 1. The van der Waals surface area contributed by atoms with Gasteiger partial charge in [0, 0.05) is 23.6 Å². The van der Waals surface area contributed by atoms with Gasteiger partial charge in [-0.05, 0) is 48.9 Å². The van der Waals surface area contributed by atoms with Crippen LogP contribution in [-0.4, -0.2) is 34.1 Å². The van der Waals surface area contributed by atoms with Crippen molar-refractivity contribution in [1.29, 1.82) is 0 Å². The first-order chi connectivity index (χ1) is 14.6. The third-order valence-electron chi connectivity index (χ3n) is 4.89. The monoisotopic (exact) mass is 423 g/mol. The summed E-state index contributed by atoms with van der Waals surface area (Å²) in [5, 5.41) is 0.708. The van der Waals surface area contributed by atoms with Crippen LogP contribution >= 0.6 is 11.6 Å². The molecule has 3 aromatic rings. The second kappa shape index (κ2) is 9.13. The molecule has 0 fully saturated rings. The Labute approximate surface area is 180 Å². The highest BCUT2D eigenvalue weighted by Crippen LogP contribution is 2.24. The van der Waals surface area contributed by atoms with Gasteiger partial charge in [-0.3, -0.25) is 4.98 Å². The second-order valence-corrected chi connectivity index (χ2v) is 7.40. The number of amides is 1. The molecule has 6 nitrogen and oxygen atoms in total. The van der Waals surface area contributed by atoms with Crippen molar-refractivity contribution >= 4 is 17.7 Å². The minimum atomic E-state index is -0.308. The van der Waals surface area contributed by atoms with E-state index in [1.807, 2.05) is 48.5 Å². The summed E-state index contributed by atoms with van der Waals surface area (Å²) < 4.78 is 10.9. The molecular weight excluding hydrogens is 402 g/mol. The number of ether oxygens (including phenoxy) is 2. The van der Waals surface area contributed by atoms with Crippen molar-refractivity contribution in [2.75, 3.05) is 13.2 Å². The van der Waals surface area contributed by atoms with Crippen molar-refractivity contribution in [3.8, 4) is 17.0 Å². The van der Waals surface area contributed by atoms with Crippen LogP contribution in [0.5, 0.6) is 5.75 Å². The van der Waals surface area contributed by atoms with Gasteiger partial charge in [0.15, 0.2) is 0 Å². The zero-order valence-electron chi connectivity index (χ0n) is 16.7. The summed E-state index contributed by atoms with van der Waals surface area (Å²) >= 11 is 5.91. The number of rotatable bonds is 5. The van der Waals surface area contributed by atoms with Crippen LogP contribution in [-0.2, 0) is 24.3 Å². The van der Waals surface area contributed by atoms with E-state index in [0.29, 0.717) is 37.7 Å². The molecule has 1 aliphatic heterocycles. The Morgan fingerprint density at radius 2 is 1.87 bits per heavy atom. The molecule has 2 heterocycles. The third kappa shape index (κ3) is 4.71. The number of aromatic nitrogens is 2. The molecule has 1 aliphatic rings. The van der Waals surface area contributed by atoms with Gasteiger partial charge in [-0.1, -0.05) is 23.7 Å². The van der Waals surface area contributed by atoms with E-state index >= 15 is 0 Å². The Balaban J connectivity index is 1.43. The molecule has 0 aliphatic carbocycles. The Kier molecular flexibility index (Phi) is 6.14. The van der Waals surface area contributed by atoms with Gasteiger partial charge in [0.05, 0.1) is 36.4 Å². The first kappa shape index (κ1) is 20.2. The number of fused-ring (bicyclic) bond motifs is 1. The highest BCUT2D eigenvalue weighted by atomic mass is 35.5. The second-order valence-electron chi connectivity index (χ2n) is 6.96. The minimum absolute atomic E-state index is 0.308. The highest BCUT2D eigenvalue weighted by Gasteiger charge is 2.23. The van der Waals surface area contributed by atoms with Crippen molar-refractivity contribution in [3.05, 3.63) is 76.7 Å². The largest absolute Gasteiger partial charge is 0.489 e. The number of hydrogen-bond donors (Lipinski definition) is 0. The van der Waals surface area contributed by atoms with Crippen molar-refractivity contribution in [2.45, 2.75) is 26.5 Å². The van der Waals surface area contributed by atoms with Gasteiger partial charge in [-0.15, -0.1) is 0 Å². The number of benzene rings is 2. The van der Waals surface area contributed by atoms with Gasteiger partial charge in [-0.2, -0.15) is 0 Å². The van der Waals surface area contributed by atoms with Gasteiger partial charge >= 0.3 is 6.09 Å². The first-order valence-corrected chi connectivity index (χ1v) is 10.2. The summed E-state index contributed by atoms with van der Waals surface area (Å²) in [4.78, 5) is 23.0. The molecule has 0 spiro atoms. The fraction of sp³-hybridized carbons (Fsp3) is 0.261. The number of carbonyl (C=O) groups is 1. The van der Waals surface area contributed by atoms with E-state index in [1.165, 1.54) is 0 Å². The lowest BCUT2D eigenvalue weighted by atomic mass is 10.1. The van der Waals surface area contributed by atoms with E-state index in [0.717, 1.165) is 34.0 Å². The van der Waals surface area contributed by atoms with Gasteiger partial charge in [0.2, 0.25) is 0 Å². The van der Waals surface area contributed by atoms with E-state index in [-0.39, 0.29) is 6.09 Å². The summed E-state index contributed by atoms with van der Waals surface area (Å²) in [6, 6.07) is 15.3. The molecule has 0 saturated carbocycles. The summed E-state index contributed by atoms with van der Waals surface area (Å²) in [5.74, 6) is 0.771. The van der Waals surface area contributed by atoms with Crippen LogP contribution < -0.4 is 4.74 Å². The molecule has 30 heavy (non-hydrogen) atoms. The molecule has 2 aromatic carbocycles. The fourth-order valence-corrected chi connectivity index (χ4v) is 3.39. The zero-order chi connectivity index (χ0) is 20.9. The Morgan fingerprint density at radius 1 is 1.10 bits per heavy atom. The van der Waals surface area contributed by atoms with Gasteiger partial charge in [0.1, 0.15) is 12.4 Å². The highest BCUT2D eigenvalue weighted by molar-refractivity contribution is 6.30. The van der Waals surface area contributed by atoms with Gasteiger partial charge in [0.25, 0.3) is 0 Å². The number of halogens is 1. The van der Waals surface area contributed by atoms with Crippen LogP contribution in [0.2, 0.25) is 5.02 Å². The van der Waals surface area contributed by atoms with E-state index < -0.39 is 0 Å². The van der Waals surface area contributed by atoms with Crippen molar-refractivity contribution in [3.63, 3.8) is 0 Å². The van der Waals surface area contributed by atoms with Crippen LogP contribution in [0.3, 0.4) is 0 Å². The van der Waals surface area contributed by atoms with Crippen LogP contribution in [0.4, 0.5) is 4.79 Å². The van der Waals surface area contributed by atoms with E-state index in [1.54, 1.807) is 18.0 Å². The molecule has 0 atom stereocenters. The average molecular weight is 424 g/mol. The third-order valence-corrected chi connectivity index (χ3v) is 5.14.